The Morgan fingerprint density at radius 1 is 1.18 bits per heavy atom. The van der Waals surface area contributed by atoms with Gasteiger partial charge in [0.2, 0.25) is 0 Å². The molecule has 0 aliphatic heterocycles. The van der Waals surface area contributed by atoms with Crippen LogP contribution in [-0.2, 0) is 6.54 Å². The van der Waals surface area contributed by atoms with Gasteiger partial charge in [0.05, 0.1) is 0 Å². The number of unbranched alkanes of at least 4 members (excludes halogenated alkanes) is 4. The molecule has 0 amide bonds. The molecule has 0 saturated carbocycles. The molecular weight excluding hydrogens is 284 g/mol. The minimum atomic E-state index is -0.305. The van der Waals surface area contributed by atoms with Crippen molar-refractivity contribution in [1.82, 2.24) is 9.55 Å². The van der Waals surface area contributed by atoms with Crippen LogP contribution in [0.3, 0.4) is 0 Å². The first-order valence-corrected chi connectivity index (χ1v) is 7.13. The summed E-state index contributed by atoms with van der Waals surface area (Å²) in [4.78, 5) is 24.9. The maximum atomic E-state index is 11.5. The molecule has 4 nitrogen and oxygen atoms in total. The van der Waals surface area contributed by atoms with Gasteiger partial charge in [-0.1, -0.05) is 35.2 Å². The summed E-state index contributed by atoms with van der Waals surface area (Å²) in [7, 11) is 0. The molecule has 0 aliphatic carbocycles. The molecule has 0 bridgehead atoms. The molecule has 0 spiro atoms. The van der Waals surface area contributed by atoms with Gasteiger partial charge >= 0.3 is 5.69 Å². The smallest absolute Gasteiger partial charge is 0.300 e. The van der Waals surface area contributed by atoms with Crippen molar-refractivity contribution in [2.45, 2.75) is 45.6 Å². The molecule has 1 aromatic rings. The predicted molar refractivity (Wildman–Crippen MR) is 72.9 cm³/mol. The maximum absolute atomic E-state index is 11.5. The fourth-order valence-corrected chi connectivity index (χ4v) is 2.09. The minimum absolute atomic E-state index is 0.288. The molecule has 1 rings (SSSR count). The Labute approximate surface area is 109 Å². The highest BCUT2D eigenvalue weighted by Crippen LogP contribution is 2.05. The van der Waals surface area contributed by atoms with Crippen molar-refractivity contribution in [3.05, 3.63) is 32.6 Å². The summed E-state index contributed by atoms with van der Waals surface area (Å²) in [5.41, 5.74) is -0.00600. The second kappa shape index (κ2) is 7.48. The van der Waals surface area contributed by atoms with Gasteiger partial charge in [-0.15, -0.1) is 0 Å². The van der Waals surface area contributed by atoms with Crippen LogP contribution < -0.4 is 11.2 Å². The molecular formula is C12H19BrN2O2. The largest absolute Gasteiger partial charge is 0.328 e. The molecule has 0 atom stereocenters. The average molecular weight is 303 g/mol. The molecule has 0 radical (unpaired) electrons. The van der Waals surface area contributed by atoms with E-state index in [4.69, 9.17) is 0 Å². The number of aromatic amines is 1. The van der Waals surface area contributed by atoms with Crippen LogP contribution in [0.25, 0.3) is 0 Å². The number of nitrogens with one attached hydrogen (secondary N) is 1. The van der Waals surface area contributed by atoms with Crippen molar-refractivity contribution in [2.75, 3.05) is 5.33 Å². The average Bonchev–Trinajstić information content (AvgIpc) is 2.30. The second-order valence-electron chi connectivity index (χ2n) is 4.22. The first-order valence-electron chi connectivity index (χ1n) is 6.01. The number of aryl methyl sites for hydroxylation is 2. The highest BCUT2D eigenvalue weighted by molar-refractivity contribution is 9.09. The lowest BCUT2D eigenvalue weighted by molar-refractivity contribution is 0.549. The SMILES string of the molecule is Cc1cn(CCCCCCCBr)c(=O)[nH]c1=O. The molecule has 0 aromatic carbocycles. The van der Waals surface area contributed by atoms with E-state index in [9.17, 15) is 9.59 Å². The number of aromatic nitrogens is 2. The van der Waals surface area contributed by atoms with E-state index in [-0.39, 0.29) is 11.2 Å². The van der Waals surface area contributed by atoms with Gasteiger partial charge in [-0.2, -0.15) is 0 Å². The van der Waals surface area contributed by atoms with Gasteiger partial charge < -0.3 is 4.57 Å². The monoisotopic (exact) mass is 302 g/mol. The first kappa shape index (κ1) is 14.2. The molecule has 5 heteroatoms. The van der Waals surface area contributed by atoms with Crippen molar-refractivity contribution in [3.63, 3.8) is 0 Å². The number of rotatable bonds is 7. The van der Waals surface area contributed by atoms with Crippen molar-refractivity contribution >= 4 is 15.9 Å². The second-order valence-corrected chi connectivity index (χ2v) is 5.01. The topological polar surface area (TPSA) is 54.9 Å². The predicted octanol–water partition coefficient (Wildman–Crippen LogP) is 2.19. The lowest BCUT2D eigenvalue weighted by Crippen LogP contribution is -2.30. The highest BCUT2D eigenvalue weighted by Gasteiger charge is 2.00. The van der Waals surface area contributed by atoms with Crippen LogP contribution in [0.2, 0.25) is 0 Å². The fourth-order valence-electron chi connectivity index (χ4n) is 1.69. The lowest BCUT2D eigenvalue weighted by atomic mass is 10.1. The molecule has 1 aromatic heterocycles. The van der Waals surface area contributed by atoms with E-state index in [1.54, 1.807) is 17.7 Å². The van der Waals surface area contributed by atoms with Gasteiger partial charge in [-0.05, 0) is 19.8 Å². The zero-order chi connectivity index (χ0) is 12.7. The van der Waals surface area contributed by atoms with Crippen LogP contribution >= 0.6 is 15.9 Å². The summed E-state index contributed by atoms with van der Waals surface area (Å²) < 4.78 is 1.58. The van der Waals surface area contributed by atoms with E-state index < -0.39 is 0 Å². The van der Waals surface area contributed by atoms with Crippen LogP contribution in [-0.4, -0.2) is 14.9 Å². The van der Waals surface area contributed by atoms with Crippen molar-refractivity contribution < 1.29 is 0 Å². The minimum Gasteiger partial charge on any atom is -0.300 e. The van der Waals surface area contributed by atoms with Crippen molar-refractivity contribution in [3.8, 4) is 0 Å². The van der Waals surface area contributed by atoms with Crippen molar-refractivity contribution in [1.29, 1.82) is 0 Å². The third-order valence-electron chi connectivity index (χ3n) is 2.72. The van der Waals surface area contributed by atoms with Gasteiger partial charge in [-0.3, -0.25) is 9.78 Å². The lowest BCUT2D eigenvalue weighted by Gasteiger charge is -2.05. The number of hydrogen-bond donors (Lipinski definition) is 1. The molecule has 0 saturated heterocycles. The summed E-state index contributed by atoms with van der Waals surface area (Å²) in [6.07, 6.45) is 7.37. The van der Waals surface area contributed by atoms with E-state index in [1.807, 2.05) is 0 Å². The first-order chi connectivity index (χ1) is 8.15. The molecule has 0 unspecified atom stereocenters. The molecule has 0 fully saturated rings. The number of hydrogen-bond acceptors (Lipinski definition) is 2. The number of halogens is 1. The van der Waals surface area contributed by atoms with E-state index in [1.165, 1.54) is 19.3 Å². The van der Waals surface area contributed by atoms with Crippen LogP contribution in [0, 0.1) is 6.92 Å². The Morgan fingerprint density at radius 3 is 2.53 bits per heavy atom. The van der Waals surface area contributed by atoms with Crippen LogP contribution in [0.15, 0.2) is 15.8 Å². The number of nitrogens with zero attached hydrogens (tertiary/aromatic N) is 1. The van der Waals surface area contributed by atoms with Crippen LogP contribution in [0.1, 0.15) is 37.7 Å². The summed E-state index contributed by atoms with van der Waals surface area (Å²) >= 11 is 3.40. The molecule has 1 heterocycles. The Balaban J connectivity index is 2.39. The zero-order valence-corrected chi connectivity index (χ0v) is 11.8. The van der Waals surface area contributed by atoms with Crippen molar-refractivity contribution in [2.24, 2.45) is 0 Å². The standard InChI is InChI=1S/C12H19BrN2O2/c1-10-9-15(12(17)14-11(10)16)8-6-4-2-3-5-7-13/h9H,2-8H2,1H3,(H,14,16,17). The third kappa shape index (κ3) is 4.89. The van der Waals surface area contributed by atoms with E-state index in [0.717, 1.165) is 18.2 Å². The zero-order valence-electron chi connectivity index (χ0n) is 10.2. The Bertz CT molecular complexity index is 451. The number of H-pyrrole nitrogens is 1. The van der Waals surface area contributed by atoms with Crippen LogP contribution in [0.4, 0.5) is 0 Å². The van der Waals surface area contributed by atoms with Gasteiger partial charge in [-0.25, -0.2) is 4.79 Å². The molecule has 96 valence electrons. The Kier molecular flexibility index (Phi) is 6.26. The number of alkyl halides is 1. The normalized spacial score (nSPS) is 10.7. The van der Waals surface area contributed by atoms with Gasteiger partial charge in [0.15, 0.2) is 0 Å². The summed E-state index contributed by atoms with van der Waals surface area (Å²) in [5.74, 6) is 0. The van der Waals surface area contributed by atoms with Gasteiger partial charge in [0.1, 0.15) is 0 Å². The summed E-state index contributed by atoms with van der Waals surface area (Å²) in [6.45, 7) is 2.40. The summed E-state index contributed by atoms with van der Waals surface area (Å²) in [5, 5.41) is 1.06. The van der Waals surface area contributed by atoms with Gasteiger partial charge in [0, 0.05) is 23.6 Å². The molecule has 1 N–H and O–H groups in total. The molecule has 0 aliphatic rings. The van der Waals surface area contributed by atoms with E-state index >= 15 is 0 Å². The highest BCUT2D eigenvalue weighted by atomic mass is 79.9. The maximum Gasteiger partial charge on any atom is 0.328 e. The quantitative estimate of drug-likeness (QED) is 0.620. The summed E-state index contributed by atoms with van der Waals surface area (Å²) in [6, 6.07) is 0. The fraction of sp³-hybridized carbons (Fsp3) is 0.667. The van der Waals surface area contributed by atoms with E-state index in [2.05, 4.69) is 20.9 Å². The van der Waals surface area contributed by atoms with E-state index in [0.29, 0.717) is 12.1 Å². The third-order valence-corrected chi connectivity index (χ3v) is 3.28. The Morgan fingerprint density at radius 2 is 1.82 bits per heavy atom. The molecule has 17 heavy (non-hydrogen) atoms. The van der Waals surface area contributed by atoms with Crippen LogP contribution in [0.5, 0.6) is 0 Å². The Hall–Kier alpha value is -0.840. The van der Waals surface area contributed by atoms with Gasteiger partial charge in [0.25, 0.3) is 5.56 Å².